The van der Waals surface area contributed by atoms with Gasteiger partial charge in [-0.2, -0.15) is 0 Å². The molecule has 0 aromatic heterocycles. The number of hydrogen-bond donors (Lipinski definition) is 1. The van der Waals surface area contributed by atoms with Crippen LogP contribution in [0.15, 0.2) is 0 Å². The highest BCUT2D eigenvalue weighted by molar-refractivity contribution is 4.98. The fourth-order valence-electron chi connectivity index (χ4n) is 3.05. The van der Waals surface area contributed by atoms with Crippen molar-refractivity contribution in [3.05, 3.63) is 0 Å². The molecule has 2 heterocycles. The summed E-state index contributed by atoms with van der Waals surface area (Å²) in [6.07, 6.45) is 4.43. The minimum Gasteiger partial charge on any atom is -0.389 e. The lowest BCUT2D eigenvalue weighted by atomic mass is 9.76. The average molecular weight is 197 g/mol. The van der Waals surface area contributed by atoms with Gasteiger partial charge in [0, 0.05) is 19.0 Å². The Labute approximate surface area is 87.3 Å². The average Bonchev–Trinajstić information content (AvgIpc) is 2.58. The molecule has 2 aliphatic rings. The van der Waals surface area contributed by atoms with Crippen LogP contribution >= 0.6 is 0 Å². The Hall–Kier alpha value is -0.0800. The fraction of sp³-hybridized carbons (Fsp3) is 1.00. The molecule has 1 N–H and O–H groups in total. The highest BCUT2D eigenvalue weighted by atomic mass is 16.3. The third kappa shape index (κ3) is 1.82. The van der Waals surface area contributed by atoms with Gasteiger partial charge < -0.3 is 10.0 Å². The van der Waals surface area contributed by atoms with Crippen LogP contribution in [0.25, 0.3) is 0 Å². The van der Waals surface area contributed by atoms with Gasteiger partial charge in [-0.05, 0) is 31.7 Å². The molecule has 2 fully saturated rings. The van der Waals surface area contributed by atoms with E-state index in [1.54, 1.807) is 0 Å². The molecule has 2 bridgehead atoms. The summed E-state index contributed by atoms with van der Waals surface area (Å²) in [5, 5.41) is 10.6. The molecule has 14 heavy (non-hydrogen) atoms. The van der Waals surface area contributed by atoms with E-state index in [9.17, 15) is 5.11 Å². The quantitative estimate of drug-likeness (QED) is 0.746. The predicted octanol–water partition coefficient (Wildman–Crippen LogP) is 1.88. The third-order valence-corrected chi connectivity index (χ3v) is 4.29. The molecule has 2 rings (SSSR count). The van der Waals surface area contributed by atoms with E-state index in [1.165, 1.54) is 19.4 Å². The second kappa shape index (κ2) is 3.82. The number of fused-ring (bicyclic) bond motifs is 2. The number of nitrogens with zero attached hydrogens (tertiary/aromatic N) is 1. The number of piperidine rings is 1. The van der Waals surface area contributed by atoms with Crippen LogP contribution in [-0.2, 0) is 0 Å². The minimum atomic E-state index is -0.331. The fourth-order valence-corrected chi connectivity index (χ4v) is 3.05. The lowest BCUT2D eigenvalue weighted by Crippen LogP contribution is -2.47. The monoisotopic (exact) mass is 197 g/mol. The standard InChI is InChI=1S/C12H23NO/c1-3-10(2)8-12(14)5-7-13-6-4-11(12)9-13/h10-11,14H,3-9H2,1-2H3. The maximum Gasteiger partial charge on any atom is 0.0703 e. The largest absolute Gasteiger partial charge is 0.389 e. The molecule has 0 radical (unpaired) electrons. The molecule has 82 valence electrons. The van der Waals surface area contributed by atoms with Crippen LogP contribution in [0.4, 0.5) is 0 Å². The topological polar surface area (TPSA) is 23.5 Å². The van der Waals surface area contributed by atoms with Gasteiger partial charge in [-0.25, -0.2) is 0 Å². The number of rotatable bonds is 3. The zero-order valence-electron chi connectivity index (χ0n) is 9.50. The predicted molar refractivity (Wildman–Crippen MR) is 58.2 cm³/mol. The van der Waals surface area contributed by atoms with E-state index in [2.05, 4.69) is 18.7 Å². The lowest BCUT2D eigenvalue weighted by molar-refractivity contribution is -0.0609. The Kier molecular flexibility index (Phi) is 2.85. The van der Waals surface area contributed by atoms with Crippen molar-refractivity contribution in [2.45, 2.75) is 45.1 Å². The molecule has 2 saturated heterocycles. The zero-order valence-corrected chi connectivity index (χ0v) is 9.50. The SMILES string of the molecule is CCC(C)CC1(O)CCN2CCC1C2. The van der Waals surface area contributed by atoms with Crippen molar-refractivity contribution in [1.82, 2.24) is 4.90 Å². The van der Waals surface area contributed by atoms with Gasteiger partial charge in [0.25, 0.3) is 0 Å². The molecule has 0 aromatic rings. The first kappa shape index (κ1) is 10.4. The van der Waals surface area contributed by atoms with E-state index in [0.717, 1.165) is 25.9 Å². The van der Waals surface area contributed by atoms with Gasteiger partial charge in [0.05, 0.1) is 5.60 Å². The van der Waals surface area contributed by atoms with E-state index < -0.39 is 0 Å². The second-order valence-electron chi connectivity index (χ2n) is 5.36. The minimum absolute atomic E-state index is 0.331. The molecule has 2 heteroatoms. The van der Waals surface area contributed by atoms with Gasteiger partial charge >= 0.3 is 0 Å². The summed E-state index contributed by atoms with van der Waals surface area (Å²) >= 11 is 0. The van der Waals surface area contributed by atoms with Crippen LogP contribution in [-0.4, -0.2) is 35.2 Å². The van der Waals surface area contributed by atoms with Gasteiger partial charge in [-0.3, -0.25) is 0 Å². The normalized spacial score (nSPS) is 43.9. The van der Waals surface area contributed by atoms with Crippen LogP contribution < -0.4 is 0 Å². The number of aliphatic hydroxyl groups is 1. The molecule has 4 unspecified atom stereocenters. The first-order chi connectivity index (χ1) is 6.64. The summed E-state index contributed by atoms with van der Waals surface area (Å²) < 4.78 is 0. The molecule has 0 aliphatic carbocycles. The summed E-state index contributed by atoms with van der Waals surface area (Å²) in [4.78, 5) is 2.50. The Balaban J connectivity index is 1.99. The van der Waals surface area contributed by atoms with E-state index in [0.29, 0.717) is 11.8 Å². The van der Waals surface area contributed by atoms with Crippen molar-refractivity contribution in [3.8, 4) is 0 Å². The van der Waals surface area contributed by atoms with Crippen molar-refractivity contribution in [3.63, 3.8) is 0 Å². The van der Waals surface area contributed by atoms with Crippen LogP contribution in [0.1, 0.15) is 39.5 Å². The third-order valence-electron chi connectivity index (χ3n) is 4.29. The number of hydrogen-bond acceptors (Lipinski definition) is 2. The Morgan fingerprint density at radius 2 is 2.29 bits per heavy atom. The Bertz CT molecular complexity index is 206. The summed E-state index contributed by atoms with van der Waals surface area (Å²) in [6.45, 7) is 7.96. The van der Waals surface area contributed by atoms with Gasteiger partial charge in [0.1, 0.15) is 0 Å². The highest BCUT2D eigenvalue weighted by Crippen LogP contribution is 2.39. The van der Waals surface area contributed by atoms with Gasteiger partial charge in [0.15, 0.2) is 0 Å². The van der Waals surface area contributed by atoms with Crippen molar-refractivity contribution < 1.29 is 5.11 Å². The van der Waals surface area contributed by atoms with Crippen LogP contribution in [0.2, 0.25) is 0 Å². The van der Waals surface area contributed by atoms with E-state index >= 15 is 0 Å². The lowest BCUT2D eigenvalue weighted by Gasteiger charge is -2.40. The van der Waals surface area contributed by atoms with Gasteiger partial charge in [0.2, 0.25) is 0 Å². The van der Waals surface area contributed by atoms with E-state index in [4.69, 9.17) is 0 Å². The maximum atomic E-state index is 10.6. The van der Waals surface area contributed by atoms with E-state index in [1.807, 2.05) is 0 Å². The van der Waals surface area contributed by atoms with Crippen LogP contribution in [0.5, 0.6) is 0 Å². The van der Waals surface area contributed by atoms with Crippen molar-refractivity contribution in [2.75, 3.05) is 19.6 Å². The summed E-state index contributed by atoms with van der Waals surface area (Å²) in [5.74, 6) is 1.23. The molecular weight excluding hydrogens is 174 g/mol. The van der Waals surface area contributed by atoms with Crippen LogP contribution in [0.3, 0.4) is 0 Å². The molecule has 2 nitrogen and oxygen atoms in total. The maximum absolute atomic E-state index is 10.6. The highest BCUT2D eigenvalue weighted by Gasteiger charge is 2.44. The molecular formula is C12H23NO. The Morgan fingerprint density at radius 3 is 3.00 bits per heavy atom. The second-order valence-corrected chi connectivity index (χ2v) is 5.36. The van der Waals surface area contributed by atoms with Crippen molar-refractivity contribution >= 4 is 0 Å². The summed E-state index contributed by atoms with van der Waals surface area (Å²) in [5.41, 5.74) is -0.331. The zero-order chi connectivity index (χ0) is 10.2. The molecule has 4 atom stereocenters. The Morgan fingerprint density at radius 1 is 1.50 bits per heavy atom. The molecule has 2 aliphatic heterocycles. The summed E-state index contributed by atoms with van der Waals surface area (Å²) in [7, 11) is 0. The summed E-state index contributed by atoms with van der Waals surface area (Å²) in [6, 6.07) is 0. The smallest absolute Gasteiger partial charge is 0.0703 e. The van der Waals surface area contributed by atoms with Gasteiger partial charge in [-0.1, -0.05) is 20.3 Å². The molecule has 0 aromatic carbocycles. The van der Waals surface area contributed by atoms with Crippen LogP contribution in [0, 0.1) is 11.8 Å². The first-order valence-corrected chi connectivity index (χ1v) is 6.09. The van der Waals surface area contributed by atoms with E-state index in [-0.39, 0.29) is 5.60 Å². The molecule has 0 amide bonds. The van der Waals surface area contributed by atoms with Crippen molar-refractivity contribution in [1.29, 1.82) is 0 Å². The van der Waals surface area contributed by atoms with Gasteiger partial charge in [-0.15, -0.1) is 0 Å². The van der Waals surface area contributed by atoms with Crippen molar-refractivity contribution in [2.24, 2.45) is 11.8 Å². The first-order valence-electron chi connectivity index (χ1n) is 6.09. The molecule has 0 spiro atoms. The molecule has 0 saturated carbocycles.